The molecular weight excluding hydrogens is 424 g/mol. The van der Waals surface area contributed by atoms with Crippen LogP contribution in [0, 0.1) is 12.8 Å². The molecule has 8 heteroatoms. The fourth-order valence-electron chi connectivity index (χ4n) is 3.70. The molecule has 30 heavy (non-hydrogen) atoms. The summed E-state index contributed by atoms with van der Waals surface area (Å²) in [6.45, 7) is 3.08. The van der Waals surface area contributed by atoms with E-state index in [1.54, 1.807) is 19.2 Å². The van der Waals surface area contributed by atoms with Crippen molar-refractivity contribution in [1.29, 1.82) is 0 Å². The molecule has 1 fully saturated rings. The minimum absolute atomic E-state index is 0.113. The van der Waals surface area contributed by atoms with Gasteiger partial charge in [0.2, 0.25) is 15.9 Å². The largest absolute Gasteiger partial charge is 0.496 e. The molecule has 1 aliphatic rings. The summed E-state index contributed by atoms with van der Waals surface area (Å²) < 4.78 is 32.6. The average Bonchev–Trinajstić information content (AvgIpc) is 2.74. The lowest BCUT2D eigenvalue weighted by atomic mass is 9.98. The Morgan fingerprint density at radius 1 is 1.23 bits per heavy atom. The third-order valence-corrected chi connectivity index (χ3v) is 7.47. The van der Waals surface area contributed by atoms with Crippen molar-refractivity contribution in [3.8, 4) is 5.75 Å². The Labute approximate surface area is 183 Å². The van der Waals surface area contributed by atoms with Gasteiger partial charge in [0.05, 0.1) is 17.9 Å². The molecule has 0 aromatic heterocycles. The van der Waals surface area contributed by atoms with Crippen LogP contribution in [0.3, 0.4) is 0 Å². The minimum atomic E-state index is -3.64. The number of halogens is 1. The summed E-state index contributed by atoms with van der Waals surface area (Å²) in [4.78, 5) is 12.9. The molecule has 1 saturated heterocycles. The number of aryl methyl sites for hydroxylation is 1. The monoisotopic (exact) mass is 450 g/mol. The quantitative estimate of drug-likeness (QED) is 0.701. The predicted molar refractivity (Wildman–Crippen MR) is 117 cm³/mol. The van der Waals surface area contributed by atoms with Crippen LogP contribution < -0.4 is 10.1 Å². The molecule has 1 amide bonds. The Hall–Kier alpha value is -2.09. The van der Waals surface area contributed by atoms with Gasteiger partial charge in [0.15, 0.2) is 0 Å². The summed E-state index contributed by atoms with van der Waals surface area (Å²) in [6.07, 6.45) is 1.97. The number of piperidine rings is 1. The van der Waals surface area contributed by atoms with E-state index in [1.807, 2.05) is 25.1 Å². The van der Waals surface area contributed by atoms with Crippen LogP contribution in [0.25, 0.3) is 0 Å². The minimum Gasteiger partial charge on any atom is -0.496 e. The molecule has 0 aliphatic carbocycles. The molecule has 162 valence electrons. The third-order valence-electron chi connectivity index (χ3n) is 5.34. The fraction of sp³-hybridized carbons (Fsp3) is 0.409. The van der Waals surface area contributed by atoms with Crippen molar-refractivity contribution >= 4 is 27.5 Å². The zero-order valence-electron chi connectivity index (χ0n) is 17.2. The standard InChI is InChI=1S/C22H27ClN2O4S/c1-16-5-10-21(29-2)17(14-16)11-12-24-22(26)18-4-3-13-25(15-18)30(27,28)20-8-6-19(23)7-9-20/h5-10,14,18H,3-4,11-13,15H2,1-2H3,(H,24,26). The first kappa shape index (κ1) is 22.6. The lowest BCUT2D eigenvalue weighted by molar-refractivity contribution is -0.126. The topological polar surface area (TPSA) is 75.7 Å². The lowest BCUT2D eigenvalue weighted by Crippen LogP contribution is -2.45. The number of amides is 1. The highest BCUT2D eigenvalue weighted by Crippen LogP contribution is 2.25. The molecule has 2 aromatic rings. The second-order valence-corrected chi connectivity index (χ2v) is 9.89. The number of sulfonamides is 1. The van der Waals surface area contributed by atoms with E-state index in [-0.39, 0.29) is 23.3 Å². The molecule has 0 spiro atoms. The number of hydrogen-bond donors (Lipinski definition) is 1. The van der Waals surface area contributed by atoms with Gasteiger partial charge in [-0.3, -0.25) is 4.79 Å². The highest BCUT2D eigenvalue weighted by atomic mass is 35.5. The molecule has 1 atom stereocenters. The first-order chi connectivity index (χ1) is 14.3. The highest BCUT2D eigenvalue weighted by molar-refractivity contribution is 7.89. The van der Waals surface area contributed by atoms with E-state index in [1.165, 1.54) is 16.4 Å². The van der Waals surface area contributed by atoms with E-state index in [0.29, 0.717) is 37.4 Å². The van der Waals surface area contributed by atoms with Crippen molar-refractivity contribution < 1.29 is 17.9 Å². The van der Waals surface area contributed by atoms with Crippen LogP contribution in [-0.4, -0.2) is 45.4 Å². The highest BCUT2D eigenvalue weighted by Gasteiger charge is 2.33. The van der Waals surface area contributed by atoms with E-state index in [2.05, 4.69) is 5.32 Å². The van der Waals surface area contributed by atoms with Gasteiger partial charge in [0, 0.05) is 24.7 Å². The van der Waals surface area contributed by atoms with Gasteiger partial charge in [-0.25, -0.2) is 8.42 Å². The normalized spacial score (nSPS) is 17.5. The molecule has 2 aromatic carbocycles. The van der Waals surface area contributed by atoms with Crippen molar-refractivity contribution in [1.82, 2.24) is 9.62 Å². The Morgan fingerprint density at radius 3 is 2.67 bits per heavy atom. The summed E-state index contributed by atoms with van der Waals surface area (Å²) in [5.74, 6) is 0.325. The van der Waals surface area contributed by atoms with Crippen molar-refractivity contribution in [3.63, 3.8) is 0 Å². The maximum Gasteiger partial charge on any atom is 0.243 e. The smallest absolute Gasteiger partial charge is 0.243 e. The maximum absolute atomic E-state index is 12.9. The first-order valence-electron chi connectivity index (χ1n) is 9.98. The number of benzene rings is 2. The Bertz CT molecular complexity index is 993. The first-order valence-corrected chi connectivity index (χ1v) is 11.8. The van der Waals surface area contributed by atoms with Gasteiger partial charge in [-0.2, -0.15) is 4.31 Å². The number of carbonyl (C=O) groups is 1. The number of methoxy groups -OCH3 is 1. The SMILES string of the molecule is COc1ccc(C)cc1CCNC(=O)C1CCCN(S(=O)(=O)c2ccc(Cl)cc2)C1. The van der Waals surface area contributed by atoms with Crippen molar-refractivity contribution in [2.75, 3.05) is 26.7 Å². The molecule has 1 unspecified atom stereocenters. The number of ether oxygens (including phenoxy) is 1. The van der Waals surface area contributed by atoms with E-state index in [9.17, 15) is 13.2 Å². The van der Waals surface area contributed by atoms with Gasteiger partial charge in [-0.05, 0) is 62.1 Å². The number of hydrogen-bond acceptors (Lipinski definition) is 4. The van der Waals surface area contributed by atoms with E-state index in [0.717, 1.165) is 16.9 Å². The van der Waals surface area contributed by atoms with E-state index >= 15 is 0 Å². The molecule has 0 saturated carbocycles. The summed E-state index contributed by atoms with van der Waals surface area (Å²) in [7, 11) is -2.01. The Balaban J connectivity index is 1.59. The van der Waals surface area contributed by atoms with Gasteiger partial charge in [0.25, 0.3) is 0 Å². The van der Waals surface area contributed by atoms with Crippen LogP contribution >= 0.6 is 11.6 Å². The van der Waals surface area contributed by atoms with Crippen LogP contribution in [0.5, 0.6) is 5.75 Å². The van der Waals surface area contributed by atoms with E-state index < -0.39 is 10.0 Å². The predicted octanol–water partition coefficient (Wildman–Crippen LogP) is 3.42. The van der Waals surface area contributed by atoms with Crippen LogP contribution in [0.15, 0.2) is 47.4 Å². The Morgan fingerprint density at radius 2 is 1.97 bits per heavy atom. The fourth-order valence-corrected chi connectivity index (χ4v) is 5.35. The van der Waals surface area contributed by atoms with Crippen molar-refractivity contribution in [2.45, 2.75) is 31.1 Å². The number of rotatable bonds is 7. The molecule has 1 heterocycles. The van der Waals surface area contributed by atoms with Gasteiger partial charge in [0.1, 0.15) is 5.75 Å². The third kappa shape index (κ3) is 5.33. The number of nitrogens with zero attached hydrogens (tertiary/aromatic N) is 1. The summed E-state index contributed by atoms with van der Waals surface area (Å²) in [5, 5.41) is 3.44. The van der Waals surface area contributed by atoms with Crippen molar-refractivity contribution in [3.05, 3.63) is 58.6 Å². The molecule has 6 nitrogen and oxygen atoms in total. The summed E-state index contributed by atoms with van der Waals surface area (Å²) in [6, 6.07) is 12.1. The van der Waals surface area contributed by atoms with Crippen LogP contribution in [-0.2, 0) is 21.2 Å². The van der Waals surface area contributed by atoms with Gasteiger partial charge >= 0.3 is 0 Å². The second-order valence-electron chi connectivity index (χ2n) is 7.51. The number of nitrogens with one attached hydrogen (secondary N) is 1. The molecular formula is C22H27ClN2O4S. The zero-order chi connectivity index (χ0) is 21.7. The molecule has 3 rings (SSSR count). The average molecular weight is 451 g/mol. The molecule has 0 bridgehead atoms. The zero-order valence-corrected chi connectivity index (χ0v) is 18.8. The van der Waals surface area contributed by atoms with Gasteiger partial charge in [-0.15, -0.1) is 0 Å². The molecule has 0 radical (unpaired) electrons. The Kier molecular flexibility index (Phi) is 7.39. The second kappa shape index (κ2) is 9.81. The van der Waals surface area contributed by atoms with Crippen LogP contribution in [0.1, 0.15) is 24.0 Å². The number of carbonyl (C=O) groups excluding carboxylic acids is 1. The summed E-state index contributed by atoms with van der Waals surface area (Å²) in [5.41, 5.74) is 2.17. The maximum atomic E-state index is 12.9. The lowest BCUT2D eigenvalue weighted by Gasteiger charge is -2.31. The van der Waals surface area contributed by atoms with Gasteiger partial charge in [-0.1, -0.05) is 29.3 Å². The van der Waals surface area contributed by atoms with Crippen LogP contribution in [0.4, 0.5) is 0 Å². The van der Waals surface area contributed by atoms with Gasteiger partial charge < -0.3 is 10.1 Å². The summed E-state index contributed by atoms with van der Waals surface area (Å²) >= 11 is 5.86. The molecule has 1 N–H and O–H groups in total. The van der Waals surface area contributed by atoms with Crippen molar-refractivity contribution in [2.24, 2.45) is 5.92 Å². The molecule has 1 aliphatic heterocycles. The van der Waals surface area contributed by atoms with Crippen LogP contribution in [0.2, 0.25) is 5.02 Å². The van der Waals surface area contributed by atoms with E-state index in [4.69, 9.17) is 16.3 Å².